The Hall–Kier alpha value is -1.33. The van der Waals surface area contributed by atoms with Gasteiger partial charge in [-0.15, -0.1) is 11.8 Å². The van der Waals surface area contributed by atoms with Crippen molar-refractivity contribution in [1.82, 2.24) is 15.0 Å². The minimum Gasteiger partial charge on any atom is -0.338 e. The molecule has 2 aromatic rings. The van der Waals surface area contributed by atoms with Gasteiger partial charge in [0.1, 0.15) is 0 Å². The first-order chi connectivity index (χ1) is 9.21. The highest BCUT2D eigenvalue weighted by atomic mass is 32.2. The highest BCUT2D eigenvalue weighted by molar-refractivity contribution is 7.98. The summed E-state index contributed by atoms with van der Waals surface area (Å²) in [5.74, 6) is 1.45. The van der Waals surface area contributed by atoms with E-state index in [9.17, 15) is 0 Å². The van der Waals surface area contributed by atoms with E-state index in [-0.39, 0.29) is 0 Å². The van der Waals surface area contributed by atoms with Crippen molar-refractivity contribution in [2.45, 2.75) is 31.3 Å². The van der Waals surface area contributed by atoms with Crippen LogP contribution < -0.4 is 0 Å². The minimum absolute atomic E-state index is 0.678. The first kappa shape index (κ1) is 14.1. The lowest BCUT2D eigenvalue weighted by atomic mass is 10.2. The van der Waals surface area contributed by atoms with E-state index in [4.69, 9.17) is 4.52 Å². The largest absolute Gasteiger partial charge is 0.338 e. The maximum atomic E-state index is 5.19. The Morgan fingerprint density at radius 1 is 1.21 bits per heavy atom. The Labute approximate surface area is 118 Å². The third kappa shape index (κ3) is 4.08. The predicted molar refractivity (Wildman–Crippen MR) is 77.1 cm³/mol. The summed E-state index contributed by atoms with van der Waals surface area (Å²) in [6, 6.07) is 8.62. The molecule has 0 saturated carbocycles. The average Bonchev–Trinajstić information content (AvgIpc) is 2.87. The Morgan fingerprint density at radius 3 is 2.53 bits per heavy atom. The monoisotopic (exact) mass is 277 g/mol. The fourth-order valence-corrected chi connectivity index (χ4v) is 2.24. The molecule has 0 amide bonds. The summed E-state index contributed by atoms with van der Waals surface area (Å²) in [4.78, 5) is 7.77. The highest BCUT2D eigenvalue weighted by Crippen LogP contribution is 2.16. The second-order valence-electron chi connectivity index (χ2n) is 4.48. The first-order valence-electron chi connectivity index (χ1n) is 6.34. The smallest absolute Gasteiger partial charge is 0.240 e. The van der Waals surface area contributed by atoms with Crippen LogP contribution >= 0.6 is 11.8 Å². The number of aryl methyl sites for hydroxylation is 1. The topological polar surface area (TPSA) is 42.2 Å². The quantitative estimate of drug-likeness (QED) is 0.759. The molecule has 0 aliphatic rings. The second-order valence-corrected chi connectivity index (χ2v) is 5.36. The summed E-state index contributed by atoms with van der Waals surface area (Å²) < 4.78 is 5.19. The van der Waals surface area contributed by atoms with Crippen LogP contribution in [0.1, 0.15) is 24.2 Å². The molecule has 0 aliphatic heterocycles. The van der Waals surface area contributed by atoms with Gasteiger partial charge in [-0.3, -0.25) is 4.90 Å². The summed E-state index contributed by atoms with van der Waals surface area (Å²) in [6.45, 7) is 3.57. The van der Waals surface area contributed by atoms with Crippen LogP contribution in [0.15, 0.2) is 33.7 Å². The van der Waals surface area contributed by atoms with Crippen molar-refractivity contribution >= 4 is 11.8 Å². The van der Waals surface area contributed by atoms with Crippen molar-refractivity contribution in [3.63, 3.8) is 0 Å². The van der Waals surface area contributed by atoms with Crippen LogP contribution in [-0.4, -0.2) is 28.3 Å². The average molecular weight is 277 g/mol. The number of benzene rings is 1. The summed E-state index contributed by atoms with van der Waals surface area (Å²) in [5.41, 5.74) is 1.29. The molecule has 1 aromatic heterocycles. The molecule has 0 aliphatic carbocycles. The van der Waals surface area contributed by atoms with Gasteiger partial charge in [-0.2, -0.15) is 4.98 Å². The van der Waals surface area contributed by atoms with E-state index in [1.807, 2.05) is 6.92 Å². The molecule has 0 spiro atoms. The molecular formula is C14H19N3OS. The zero-order chi connectivity index (χ0) is 13.7. The van der Waals surface area contributed by atoms with E-state index in [0.717, 1.165) is 18.8 Å². The molecular weight excluding hydrogens is 258 g/mol. The number of hydrogen-bond acceptors (Lipinski definition) is 5. The number of nitrogens with zero attached hydrogens (tertiary/aromatic N) is 3. The van der Waals surface area contributed by atoms with E-state index in [2.05, 4.69) is 52.6 Å². The minimum atomic E-state index is 0.678. The number of thioether (sulfide) groups is 1. The van der Waals surface area contributed by atoms with Gasteiger partial charge < -0.3 is 4.52 Å². The van der Waals surface area contributed by atoms with Gasteiger partial charge in [-0.05, 0) is 31.0 Å². The van der Waals surface area contributed by atoms with Crippen molar-refractivity contribution in [3.05, 3.63) is 41.5 Å². The third-order valence-electron chi connectivity index (χ3n) is 2.84. The van der Waals surface area contributed by atoms with Gasteiger partial charge in [0.05, 0.1) is 6.54 Å². The lowest BCUT2D eigenvalue weighted by Gasteiger charge is -2.14. The van der Waals surface area contributed by atoms with Crippen molar-refractivity contribution in [1.29, 1.82) is 0 Å². The molecule has 0 N–H and O–H groups in total. The van der Waals surface area contributed by atoms with Gasteiger partial charge in [0, 0.05) is 17.9 Å². The second kappa shape index (κ2) is 6.73. The fourth-order valence-electron chi connectivity index (χ4n) is 1.83. The van der Waals surface area contributed by atoms with Crippen LogP contribution in [0, 0.1) is 0 Å². The molecule has 102 valence electrons. The fraction of sp³-hybridized carbons (Fsp3) is 0.429. The summed E-state index contributed by atoms with van der Waals surface area (Å²) >= 11 is 1.76. The summed E-state index contributed by atoms with van der Waals surface area (Å²) in [7, 11) is 2.05. The molecule has 1 aromatic carbocycles. The Bertz CT molecular complexity index is 510. The zero-order valence-electron chi connectivity index (χ0n) is 11.6. The number of rotatable bonds is 6. The molecule has 0 unspecified atom stereocenters. The van der Waals surface area contributed by atoms with E-state index in [0.29, 0.717) is 12.4 Å². The number of aromatic nitrogens is 2. The molecule has 0 saturated heterocycles. The van der Waals surface area contributed by atoms with Gasteiger partial charge in [0.15, 0.2) is 5.82 Å². The lowest BCUT2D eigenvalue weighted by Crippen LogP contribution is -2.17. The third-order valence-corrected chi connectivity index (χ3v) is 3.59. The molecule has 4 nitrogen and oxygen atoms in total. The number of hydrogen-bond donors (Lipinski definition) is 0. The van der Waals surface area contributed by atoms with E-state index in [1.54, 1.807) is 11.8 Å². The van der Waals surface area contributed by atoms with E-state index >= 15 is 0 Å². The first-order valence-corrected chi connectivity index (χ1v) is 7.56. The molecule has 0 fully saturated rings. The molecule has 2 rings (SSSR count). The molecule has 1 heterocycles. The predicted octanol–water partition coefficient (Wildman–Crippen LogP) is 2.99. The summed E-state index contributed by atoms with van der Waals surface area (Å²) in [5, 5.41) is 3.90. The molecule has 19 heavy (non-hydrogen) atoms. The maximum absolute atomic E-state index is 5.19. The van der Waals surface area contributed by atoms with Crippen molar-refractivity contribution < 1.29 is 4.52 Å². The highest BCUT2D eigenvalue weighted by Gasteiger charge is 2.08. The van der Waals surface area contributed by atoms with Crippen LogP contribution in [0.25, 0.3) is 0 Å². The van der Waals surface area contributed by atoms with E-state index < -0.39 is 0 Å². The molecule has 5 heteroatoms. The van der Waals surface area contributed by atoms with Crippen LogP contribution in [-0.2, 0) is 19.5 Å². The van der Waals surface area contributed by atoms with Crippen molar-refractivity contribution in [2.24, 2.45) is 0 Å². The Kier molecular flexibility index (Phi) is 4.99. The van der Waals surface area contributed by atoms with Gasteiger partial charge in [0.2, 0.25) is 5.89 Å². The van der Waals surface area contributed by atoms with Crippen LogP contribution in [0.5, 0.6) is 0 Å². The SMILES string of the molecule is CCc1noc(CN(C)Cc2ccc(SC)cc2)n1. The van der Waals surface area contributed by atoms with Crippen LogP contribution in [0.3, 0.4) is 0 Å². The van der Waals surface area contributed by atoms with E-state index in [1.165, 1.54) is 10.5 Å². The van der Waals surface area contributed by atoms with Gasteiger partial charge >= 0.3 is 0 Å². The molecule has 0 radical (unpaired) electrons. The lowest BCUT2D eigenvalue weighted by molar-refractivity contribution is 0.260. The van der Waals surface area contributed by atoms with Gasteiger partial charge in [-0.1, -0.05) is 24.2 Å². The maximum Gasteiger partial charge on any atom is 0.240 e. The normalized spacial score (nSPS) is 11.2. The molecule has 0 atom stereocenters. The molecule has 0 bridgehead atoms. The van der Waals surface area contributed by atoms with Gasteiger partial charge in [0.25, 0.3) is 0 Å². The van der Waals surface area contributed by atoms with Crippen LogP contribution in [0.4, 0.5) is 0 Å². The Balaban J connectivity index is 1.90. The van der Waals surface area contributed by atoms with Gasteiger partial charge in [-0.25, -0.2) is 0 Å². The van der Waals surface area contributed by atoms with Crippen LogP contribution in [0.2, 0.25) is 0 Å². The van der Waals surface area contributed by atoms with Crippen molar-refractivity contribution in [2.75, 3.05) is 13.3 Å². The Morgan fingerprint density at radius 2 is 1.95 bits per heavy atom. The summed E-state index contributed by atoms with van der Waals surface area (Å²) in [6.07, 6.45) is 2.89. The van der Waals surface area contributed by atoms with Crippen molar-refractivity contribution in [3.8, 4) is 0 Å². The zero-order valence-corrected chi connectivity index (χ0v) is 12.4. The standard InChI is InChI=1S/C14H19N3OS/c1-4-13-15-14(18-16-13)10-17(2)9-11-5-7-12(19-3)8-6-11/h5-8H,4,9-10H2,1-3H3.